The number of hydrogen-bond donors (Lipinski definition) is 4. The Kier molecular flexibility index (Phi) is 52.0. The number of phenolic OH excluding ortho intramolecular Hbond substituents is 1. The molecule has 0 radical (unpaired) electrons. The number of fused-ring (bicyclic) bond motifs is 1. The third-order valence-electron chi connectivity index (χ3n) is 28.1. The highest BCUT2D eigenvalue weighted by molar-refractivity contribution is 5.80. The fourth-order valence-corrected chi connectivity index (χ4v) is 19.3. The van der Waals surface area contributed by atoms with Crippen molar-refractivity contribution in [3.8, 4) is 5.75 Å². The molecule has 2 saturated heterocycles. The van der Waals surface area contributed by atoms with Crippen LogP contribution in [0.2, 0.25) is 0 Å². The van der Waals surface area contributed by atoms with E-state index in [1.165, 1.54) is 62.6 Å². The second-order valence-electron chi connectivity index (χ2n) is 38.7. The number of carbonyl (C=O) groups is 6. The third kappa shape index (κ3) is 30.2. The SMILES string of the molecule is C.C.C.C.C.C.C.C.C.C.C.C.CCC(C)(C)C(=O)OC1(C(C)C)C2CC3CC(C2)CC1C3.CCC(C)(C)C(=O)OC1(C(C)C)CCCC1.CCC(C)(C)C(=O)OC12CC3CC(O)(CC(O)(C3)C1)C2.CCC(C)(C)C(=O)OCC(=O)OC1C2CC3CC(C2)C(=O)OC1C3.CCC(C)c1ccc(C(C)(O)C(F)(F)F)cc1.CCC(C)c1ccc(O)cc1. The van der Waals surface area contributed by atoms with Crippen molar-refractivity contribution >= 4 is 35.8 Å². The van der Waals surface area contributed by atoms with Gasteiger partial charge >= 0.3 is 42.0 Å². The van der Waals surface area contributed by atoms with Crippen molar-refractivity contribution in [3.63, 3.8) is 0 Å². The Bertz CT molecular complexity index is 3320. The number of aromatic hydroxyl groups is 1. The molecule has 0 spiro atoms. The molecule has 714 valence electrons. The van der Waals surface area contributed by atoms with E-state index < -0.39 is 57.5 Å². The van der Waals surface area contributed by atoms with Crippen LogP contribution in [0.25, 0.3) is 0 Å². The van der Waals surface area contributed by atoms with E-state index in [4.69, 9.17) is 33.5 Å². The Balaban J connectivity index is -0.000000325. The molecule has 2 heterocycles. The Labute approximate surface area is 740 Å². The van der Waals surface area contributed by atoms with Crippen LogP contribution in [0.5, 0.6) is 5.75 Å². The summed E-state index contributed by atoms with van der Waals surface area (Å²) >= 11 is 0. The molecule has 19 heteroatoms. The molecule has 2 aromatic rings. The van der Waals surface area contributed by atoms with Gasteiger partial charge in [-0.1, -0.05) is 209 Å². The van der Waals surface area contributed by atoms with Crippen LogP contribution in [0.15, 0.2) is 48.5 Å². The maximum absolute atomic E-state index is 12.8. The van der Waals surface area contributed by atoms with E-state index in [9.17, 15) is 57.3 Å². The highest BCUT2D eigenvalue weighted by Gasteiger charge is 2.66. The summed E-state index contributed by atoms with van der Waals surface area (Å²) in [6.07, 6.45) is 17.8. The van der Waals surface area contributed by atoms with Gasteiger partial charge < -0.3 is 48.8 Å². The lowest BCUT2D eigenvalue weighted by molar-refractivity contribution is -0.264. The maximum Gasteiger partial charge on any atom is 0.421 e. The minimum atomic E-state index is -4.66. The zero-order valence-corrected chi connectivity index (χ0v) is 70.4. The number of hydrogen-bond acceptors (Lipinski definition) is 16. The van der Waals surface area contributed by atoms with Gasteiger partial charge in [0.25, 0.3) is 0 Å². The van der Waals surface area contributed by atoms with Crippen molar-refractivity contribution in [1.82, 2.24) is 0 Å². The van der Waals surface area contributed by atoms with Crippen LogP contribution in [0.4, 0.5) is 13.2 Å². The molecule has 11 saturated carbocycles. The lowest BCUT2D eigenvalue weighted by atomic mass is 9.47. The van der Waals surface area contributed by atoms with Gasteiger partial charge in [0.2, 0.25) is 0 Å². The molecular formula is C102H189F3O16. The quantitative estimate of drug-likeness (QED) is 0.0671. The lowest BCUT2D eigenvalue weighted by Gasteiger charge is -2.62. The van der Waals surface area contributed by atoms with E-state index >= 15 is 0 Å². The number of aliphatic hydroxyl groups is 3. The molecule has 15 rings (SSSR count). The van der Waals surface area contributed by atoms with Crippen LogP contribution in [0.1, 0.15) is 424 Å². The number of phenols is 1. The summed E-state index contributed by atoms with van der Waals surface area (Å²) in [5.74, 6) is 4.74. The van der Waals surface area contributed by atoms with Crippen molar-refractivity contribution in [2.45, 2.75) is 459 Å². The first-order valence-corrected chi connectivity index (χ1v) is 41.9. The first-order valence-electron chi connectivity index (χ1n) is 41.9. The number of halogens is 3. The van der Waals surface area contributed by atoms with Crippen molar-refractivity contribution < 1.29 is 90.8 Å². The normalized spacial score (nSPS) is 28.1. The van der Waals surface area contributed by atoms with Gasteiger partial charge in [0.1, 0.15) is 34.8 Å². The summed E-state index contributed by atoms with van der Waals surface area (Å²) in [5.41, 5.74) is -5.13. The van der Waals surface area contributed by atoms with Gasteiger partial charge in [0.05, 0.1) is 38.8 Å². The van der Waals surface area contributed by atoms with Gasteiger partial charge in [0, 0.05) is 25.2 Å². The standard InChI is InChI=1S/C19H32O2.C18H26O6.C16H26O4.C14H26O2.C13H17F3O.C10H14O.12CH4/c1-6-18(4,5)17(20)21-19(12(2)3)15-8-13-7-14(10-15)11-16(19)9-13;1-4-18(2,3)17(21)22-9-14(19)24-15-11-5-10-6-12(8-11)16(20)23-13(15)7-10;1-4-13(2,3)12(17)20-16-7-11-5-14(18,9-16)8-15(19,6-11)10-16;1-6-13(4,5)12(15)16-14(11(2)3)9-7-8-10-14;1-4-9(2)10-5-7-11(8-6-10)12(3,17)13(14,15)16;1-3-8(2)9-4-6-10(11)7-5-9;;;;;;;;;;;;/h12-16H,6-11H2,1-5H3;10-13,15H,4-9H2,1-3H3;11,18-19H,4-10H2,1-3H3;11H,6-10H2,1-5H3;5-9,17H,4H2,1-3H3;4-8,11H,3H2,1-2H3;12*1H4. The summed E-state index contributed by atoms with van der Waals surface area (Å²) in [6.45, 7) is 41.0. The van der Waals surface area contributed by atoms with E-state index in [1.807, 2.05) is 88.3 Å². The molecule has 0 amide bonds. The van der Waals surface area contributed by atoms with E-state index in [0.717, 1.165) is 114 Å². The minimum absolute atomic E-state index is 0. The average molecular weight is 1730 g/mol. The van der Waals surface area contributed by atoms with Gasteiger partial charge in [-0.05, 0) is 292 Å². The van der Waals surface area contributed by atoms with Gasteiger partial charge in [-0.2, -0.15) is 13.2 Å². The first kappa shape index (κ1) is 127. The first-order chi connectivity index (χ1) is 50.5. The van der Waals surface area contributed by atoms with Crippen LogP contribution in [-0.4, -0.2) is 109 Å². The van der Waals surface area contributed by atoms with Crippen LogP contribution >= 0.6 is 0 Å². The van der Waals surface area contributed by atoms with E-state index in [2.05, 4.69) is 48.5 Å². The summed E-state index contributed by atoms with van der Waals surface area (Å²) < 4.78 is 72.1. The molecule has 12 bridgehead atoms. The van der Waals surface area contributed by atoms with Crippen LogP contribution in [0.3, 0.4) is 0 Å². The summed E-state index contributed by atoms with van der Waals surface area (Å²) in [4.78, 5) is 73.4. The molecule has 13 aliphatic rings. The smallest absolute Gasteiger partial charge is 0.421 e. The van der Waals surface area contributed by atoms with Crippen LogP contribution in [-0.2, 0) is 62.8 Å². The predicted octanol–water partition coefficient (Wildman–Crippen LogP) is 27.7. The average Bonchev–Trinajstić information content (AvgIpc) is 0.986. The fourth-order valence-electron chi connectivity index (χ4n) is 19.3. The molecule has 11 aliphatic carbocycles. The Morgan fingerprint density at radius 1 is 0.488 bits per heavy atom. The lowest BCUT2D eigenvalue weighted by Crippen LogP contribution is -2.67. The molecule has 2 aliphatic heterocycles. The summed E-state index contributed by atoms with van der Waals surface area (Å²) in [7, 11) is 0. The molecule has 121 heavy (non-hydrogen) atoms. The van der Waals surface area contributed by atoms with Gasteiger partial charge in [-0.3, -0.25) is 24.0 Å². The second-order valence-corrected chi connectivity index (χ2v) is 38.7. The summed E-state index contributed by atoms with van der Waals surface area (Å²) in [5, 5.41) is 39.8. The molecule has 10 unspecified atom stereocenters. The van der Waals surface area contributed by atoms with E-state index in [-0.39, 0.29) is 171 Å². The number of rotatable bonds is 21. The van der Waals surface area contributed by atoms with Gasteiger partial charge in [-0.15, -0.1) is 0 Å². The Hall–Kier alpha value is -5.27. The predicted molar refractivity (Wildman–Crippen MR) is 497 cm³/mol. The highest BCUT2D eigenvalue weighted by atomic mass is 19.4. The molecular weight excluding hydrogens is 1540 g/mol. The Morgan fingerprint density at radius 3 is 1.27 bits per heavy atom. The largest absolute Gasteiger partial charge is 0.508 e. The Morgan fingerprint density at radius 2 is 0.884 bits per heavy atom. The molecule has 0 aromatic heterocycles. The van der Waals surface area contributed by atoms with Crippen LogP contribution in [0, 0.1) is 80.8 Å². The minimum Gasteiger partial charge on any atom is -0.508 e. The number of esters is 6. The van der Waals surface area contributed by atoms with E-state index in [0.29, 0.717) is 72.9 Å². The number of carbonyl (C=O) groups excluding carboxylic acids is 6. The van der Waals surface area contributed by atoms with Crippen molar-refractivity contribution in [1.29, 1.82) is 0 Å². The third-order valence-corrected chi connectivity index (χ3v) is 28.1. The van der Waals surface area contributed by atoms with Crippen LogP contribution < -0.4 is 0 Å². The van der Waals surface area contributed by atoms with Gasteiger partial charge in [0.15, 0.2) is 12.2 Å². The molecule has 16 nitrogen and oxygen atoms in total. The summed E-state index contributed by atoms with van der Waals surface area (Å²) in [6, 6.07) is 13.4. The zero-order valence-electron chi connectivity index (χ0n) is 70.4. The molecule has 4 N–H and O–H groups in total. The molecule has 10 atom stereocenters. The highest BCUT2D eigenvalue weighted by Crippen LogP contribution is 2.63. The molecule has 13 fully saturated rings. The van der Waals surface area contributed by atoms with Gasteiger partial charge in [-0.25, -0.2) is 4.79 Å². The zero-order chi connectivity index (χ0) is 81.6. The second kappa shape index (κ2) is 49.7. The monoisotopic (exact) mass is 1730 g/mol. The van der Waals surface area contributed by atoms with Crippen molar-refractivity contribution in [3.05, 3.63) is 65.2 Å². The topological polar surface area (TPSA) is 239 Å². The molecule has 2 aromatic carbocycles. The maximum atomic E-state index is 12.8. The number of ether oxygens (including phenoxy) is 6. The fraction of sp³-hybridized carbons (Fsp3) is 0.824. The number of alkyl halides is 3. The van der Waals surface area contributed by atoms with Crippen molar-refractivity contribution in [2.24, 2.45) is 80.8 Å². The number of benzene rings is 2. The van der Waals surface area contributed by atoms with E-state index in [1.54, 1.807) is 38.1 Å². The van der Waals surface area contributed by atoms with Crippen molar-refractivity contribution in [2.75, 3.05) is 6.61 Å².